The average molecular weight is 728 g/mol. The highest BCUT2D eigenvalue weighted by atomic mass is 16.3. The van der Waals surface area contributed by atoms with E-state index in [4.69, 9.17) is 4.42 Å². The molecule has 10 aromatic carbocycles. The fourth-order valence-electron chi connectivity index (χ4n) is 8.82. The first-order valence-corrected chi connectivity index (χ1v) is 19.6. The second kappa shape index (κ2) is 13.4. The molecule has 2 nitrogen and oxygen atoms in total. The molecular weight excluding hydrogens is 691 g/mol. The van der Waals surface area contributed by atoms with E-state index in [2.05, 4.69) is 206 Å². The van der Waals surface area contributed by atoms with Gasteiger partial charge in [0, 0.05) is 33.3 Å². The number of hydrogen-bond donors (Lipinski definition) is 0. The summed E-state index contributed by atoms with van der Waals surface area (Å²) in [5, 5.41) is 11.1. The quantitative estimate of drug-likeness (QED) is 0.159. The lowest BCUT2D eigenvalue weighted by molar-refractivity contribution is 0.629. The van der Waals surface area contributed by atoms with Gasteiger partial charge in [0.25, 0.3) is 0 Å². The molecule has 0 aliphatic carbocycles. The third-order valence-corrected chi connectivity index (χ3v) is 11.6. The van der Waals surface area contributed by atoms with Gasteiger partial charge in [-0.1, -0.05) is 158 Å². The monoisotopic (exact) mass is 727 g/mol. The standard InChI is InChI=1S/C55H37NO/c1-36-45-17-10-11-24-54(45)57-55(36)42-16-12-15-39(33-42)37-25-29-43(30-26-37)56(53-35-41-14-3-5-19-47(41)49-21-8-9-23-51(49)53)44-31-27-38(28-32-44)52-34-40-13-2-4-18-46(40)48-20-6-7-22-50(48)52/h2-35H,1H3. The molecule has 0 aliphatic heterocycles. The maximum atomic E-state index is 6.36. The Bertz CT molecular complexity index is 3300. The molecule has 11 aromatic rings. The van der Waals surface area contributed by atoms with E-state index >= 15 is 0 Å². The van der Waals surface area contributed by atoms with Gasteiger partial charge >= 0.3 is 0 Å². The molecule has 11 rings (SSSR count). The lowest BCUT2D eigenvalue weighted by atomic mass is 9.93. The van der Waals surface area contributed by atoms with Crippen molar-refractivity contribution in [3.63, 3.8) is 0 Å². The third kappa shape index (κ3) is 5.57. The summed E-state index contributed by atoms with van der Waals surface area (Å²) in [7, 11) is 0. The smallest absolute Gasteiger partial charge is 0.138 e. The van der Waals surface area contributed by atoms with Crippen molar-refractivity contribution in [2.24, 2.45) is 0 Å². The Balaban J connectivity index is 1.04. The van der Waals surface area contributed by atoms with Gasteiger partial charge in [-0.15, -0.1) is 0 Å². The zero-order valence-corrected chi connectivity index (χ0v) is 31.5. The van der Waals surface area contributed by atoms with Crippen molar-refractivity contribution >= 4 is 71.1 Å². The van der Waals surface area contributed by atoms with Crippen LogP contribution in [0.25, 0.3) is 87.6 Å². The largest absolute Gasteiger partial charge is 0.456 e. The van der Waals surface area contributed by atoms with Crippen molar-refractivity contribution in [1.29, 1.82) is 0 Å². The Morgan fingerprint density at radius 3 is 1.53 bits per heavy atom. The van der Waals surface area contributed by atoms with Crippen LogP contribution in [0.4, 0.5) is 17.1 Å². The molecule has 57 heavy (non-hydrogen) atoms. The summed E-state index contributed by atoms with van der Waals surface area (Å²) in [6, 6.07) is 74.7. The topological polar surface area (TPSA) is 16.4 Å². The first-order chi connectivity index (χ1) is 28.2. The summed E-state index contributed by atoms with van der Waals surface area (Å²) in [5.74, 6) is 0.921. The van der Waals surface area contributed by atoms with Crippen LogP contribution in [0.3, 0.4) is 0 Å². The van der Waals surface area contributed by atoms with Crippen molar-refractivity contribution in [2.45, 2.75) is 6.92 Å². The van der Waals surface area contributed by atoms with E-state index in [-0.39, 0.29) is 0 Å². The molecule has 1 aromatic heterocycles. The second-order valence-corrected chi connectivity index (χ2v) is 14.9. The summed E-state index contributed by atoms with van der Waals surface area (Å²) in [4.78, 5) is 2.41. The van der Waals surface area contributed by atoms with Gasteiger partial charge in [0.15, 0.2) is 0 Å². The molecular formula is C55H37NO. The summed E-state index contributed by atoms with van der Waals surface area (Å²) in [5.41, 5.74) is 11.2. The van der Waals surface area contributed by atoms with Crippen LogP contribution in [0.15, 0.2) is 211 Å². The summed E-state index contributed by atoms with van der Waals surface area (Å²) in [6.45, 7) is 2.14. The van der Waals surface area contributed by atoms with Crippen molar-refractivity contribution < 1.29 is 4.42 Å². The Hall–Kier alpha value is -7.42. The number of rotatable bonds is 6. The fourth-order valence-corrected chi connectivity index (χ4v) is 8.82. The van der Waals surface area contributed by atoms with Crippen LogP contribution in [0, 0.1) is 6.92 Å². The zero-order valence-electron chi connectivity index (χ0n) is 31.5. The first-order valence-electron chi connectivity index (χ1n) is 19.6. The zero-order chi connectivity index (χ0) is 37.9. The molecule has 0 saturated carbocycles. The molecule has 1 heterocycles. The van der Waals surface area contributed by atoms with Crippen LogP contribution >= 0.6 is 0 Å². The lowest BCUT2D eigenvalue weighted by Crippen LogP contribution is -2.10. The van der Waals surface area contributed by atoms with Gasteiger partial charge in [0.2, 0.25) is 0 Å². The van der Waals surface area contributed by atoms with E-state index in [1.54, 1.807) is 0 Å². The summed E-state index contributed by atoms with van der Waals surface area (Å²) in [6.07, 6.45) is 0. The minimum Gasteiger partial charge on any atom is -0.456 e. The van der Waals surface area contributed by atoms with Gasteiger partial charge in [-0.2, -0.15) is 0 Å². The van der Waals surface area contributed by atoms with Gasteiger partial charge in [-0.3, -0.25) is 0 Å². The first kappa shape index (κ1) is 33.0. The number of aryl methyl sites for hydroxylation is 1. The Morgan fingerprint density at radius 1 is 0.351 bits per heavy atom. The number of para-hydroxylation sites is 1. The van der Waals surface area contributed by atoms with Crippen molar-refractivity contribution in [3.8, 4) is 33.6 Å². The molecule has 0 radical (unpaired) electrons. The lowest BCUT2D eigenvalue weighted by Gasteiger charge is -2.28. The van der Waals surface area contributed by atoms with Crippen LogP contribution in [0.5, 0.6) is 0 Å². The van der Waals surface area contributed by atoms with Crippen LogP contribution < -0.4 is 4.90 Å². The molecule has 0 N–H and O–H groups in total. The molecule has 0 atom stereocenters. The summed E-state index contributed by atoms with van der Waals surface area (Å²) < 4.78 is 6.36. The van der Waals surface area contributed by atoms with E-state index in [0.29, 0.717) is 0 Å². The van der Waals surface area contributed by atoms with E-state index in [9.17, 15) is 0 Å². The summed E-state index contributed by atoms with van der Waals surface area (Å²) >= 11 is 0. The van der Waals surface area contributed by atoms with E-state index < -0.39 is 0 Å². The maximum absolute atomic E-state index is 6.36. The van der Waals surface area contributed by atoms with Crippen LogP contribution in [-0.2, 0) is 0 Å². The van der Waals surface area contributed by atoms with Crippen molar-refractivity contribution in [1.82, 2.24) is 0 Å². The van der Waals surface area contributed by atoms with Gasteiger partial charge < -0.3 is 9.32 Å². The minimum atomic E-state index is 0.916. The molecule has 0 bridgehead atoms. The van der Waals surface area contributed by atoms with E-state index in [1.165, 1.54) is 54.2 Å². The highest BCUT2D eigenvalue weighted by Crippen LogP contribution is 2.44. The minimum absolute atomic E-state index is 0.916. The Labute approximate surface area is 331 Å². The second-order valence-electron chi connectivity index (χ2n) is 14.9. The molecule has 0 unspecified atom stereocenters. The van der Waals surface area contributed by atoms with E-state index in [0.717, 1.165) is 56.0 Å². The maximum Gasteiger partial charge on any atom is 0.138 e. The van der Waals surface area contributed by atoms with Crippen LogP contribution in [0.2, 0.25) is 0 Å². The van der Waals surface area contributed by atoms with Crippen molar-refractivity contribution in [2.75, 3.05) is 4.90 Å². The molecule has 2 heteroatoms. The SMILES string of the molecule is Cc1c(-c2cccc(-c3ccc(N(c4ccc(-c5cc6ccccc6c6ccccc56)cc4)c4cc5ccccc5c5ccccc45)cc3)c2)oc2ccccc12. The number of furan rings is 1. The predicted molar refractivity (Wildman–Crippen MR) is 242 cm³/mol. The average Bonchev–Trinajstić information content (AvgIpc) is 3.62. The Kier molecular flexibility index (Phi) is 7.75. The molecule has 268 valence electrons. The van der Waals surface area contributed by atoms with Gasteiger partial charge in [0.05, 0.1) is 5.69 Å². The predicted octanol–water partition coefficient (Wildman–Crippen LogP) is 15.8. The van der Waals surface area contributed by atoms with E-state index in [1.807, 2.05) is 12.1 Å². The number of anilines is 3. The Morgan fingerprint density at radius 2 is 0.860 bits per heavy atom. The number of benzene rings is 10. The molecule has 0 aliphatic rings. The third-order valence-electron chi connectivity index (χ3n) is 11.6. The number of fused-ring (bicyclic) bond motifs is 7. The number of nitrogens with zero attached hydrogens (tertiary/aromatic N) is 1. The van der Waals surface area contributed by atoms with Crippen molar-refractivity contribution in [3.05, 3.63) is 212 Å². The van der Waals surface area contributed by atoms with Crippen LogP contribution in [0.1, 0.15) is 5.56 Å². The molecule has 0 saturated heterocycles. The van der Waals surface area contributed by atoms with Gasteiger partial charge in [-0.25, -0.2) is 0 Å². The highest BCUT2D eigenvalue weighted by Gasteiger charge is 2.19. The van der Waals surface area contributed by atoms with Gasteiger partial charge in [-0.05, 0) is 115 Å². The normalized spacial score (nSPS) is 11.6. The van der Waals surface area contributed by atoms with Crippen LogP contribution in [-0.4, -0.2) is 0 Å². The molecule has 0 fully saturated rings. The fraction of sp³-hybridized carbons (Fsp3) is 0.0182. The molecule has 0 amide bonds. The molecule has 0 spiro atoms. The highest BCUT2D eigenvalue weighted by molar-refractivity contribution is 6.15. The van der Waals surface area contributed by atoms with Gasteiger partial charge in [0.1, 0.15) is 11.3 Å². The number of hydrogen-bond acceptors (Lipinski definition) is 2.